The molecule has 14 aromatic carbocycles. The van der Waals surface area contributed by atoms with E-state index in [4.69, 9.17) is 0 Å². The van der Waals surface area contributed by atoms with Crippen LogP contribution in [0.25, 0.3) is 117 Å². The number of fused-ring (bicyclic) bond motifs is 12. The number of benzene rings is 14. The Hall–Kier alpha value is -9.08. The zero-order chi connectivity index (χ0) is 60.1. The predicted molar refractivity (Wildman–Crippen MR) is 373 cm³/mol. The molecule has 2 heterocycles. The van der Waals surface area contributed by atoms with Crippen molar-refractivity contribution in [3.8, 4) is 33.4 Å². The van der Waals surface area contributed by atoms with Crippen LogP contribution in [0.3, 0.4) is 0 Å². The number of hydrogen-bond donors (Lipinski definition) is 2. The van der Waals surface area contributed by atoms with Gasteiger partial charge >= 0.3 is 7.12 Å². The highest BCUT2D eigenvalue weighted by Gasteiger charge is 2.22. The molecule has 0 amide bonds. The maximum Gasteiger partial charge on any atom is 0.489 e. The van der Waals surface area contributed by atoms with Crippen molar-refractivity contribution in [3.05, 3.63) is 296 Å². The Kier molecular flexibility index (Phi) is 15.2. The summed E-state index contributed by atoms with van der Waals surface area (Å²) >= 11 is 6.88. The highest BCUT2D eigenvalue weighted by atomic mass is 79.9. The maximum absolute atomic E-state index is 13.6. The quantitative estimate of drug-likeness (QED) is 0.116. The summed E-state index contributed by atoms with van der Waals surface area (Å²) in [6, 6.07) is 94.4. The highest BCUT2D eigenvalue weighted by Crippen LogP contribution is 2.43. The molecular weight excluding hydrogens is 1230 g/mol. The molecule has 0 bridgehead atoms. The van der Waals surface area contributed by atoms with Crippen molar-refractivity contribution < 1.29 is 26.9 Å². The number of rotatable bonds is 8. The van der Waals surface area contributed by atoms with E-state index in [-0.39, 0.29) is 4.90 Å². The van der Waals surface area contributed by atoms with Crippen molar-refractivity contribution in [2.75, 3.05) is 0 Å². The van der Waals surface area contributed by atoms with Gasteiger partial charge in [0.25, 0.3) is 0 Å². The van der Waals surface area contributed by atoms with Gasteiger partial charge in [0.15, 0.2) is 0 Å². The van der Waals surface area contributed by atoms with Crippen molar-refractivity contribution >= 4 is 154 Å². The van der Waals surface area contributed by atoms with Gasteiger partial charge in [0.1, 0.15) is 0 Å². The summed E-state index contributed by atoms with van der Waals surface area (Å²) in [5.74, 6) is 0. The van der Waals surface area contributed by atoms with E-state index in [0.29, 0.717) is 20.1 Å². The van der Waals surface area contributed by atoms with Crippen molar-refractivity contribution in [2.45, 2.75) is 19.6 Å². The lowest BCUT2D eigenvalue weighted by molar-refractivity contribution is 0.426. The normalized spacial score (nSPS) is 11.8. The second kappa shape index (κ2) is 23.6. The zero-order valence-electron chi connectivity index (χ0n) is 46.8. The van der Waals surface area contributed by atoms with Gasteiger partial charge in [-0.1, -0.05) is 228 Å². The van der Waals surface area contributed by atoms with Gasteiger partial charge in [0.2, 0.25) is 19.7 Å². The van der Waals surface area contributed by atoms with E-state index in [9.17, 15) is 26.9 Å². The molecule has 0 radical (unpaired) electrons. The Bertz CT molecular complexity index is 5570. The fourth-order valence-electron chi connectivity index (χ4n) is 11.9. The van der Waals surface area contributed by atoms with E-state index in [0.717, 1.165) is 70.2 Å². The largest absolute Gasteiger partial charge is 0.489 e. The first kappa shape index (κ1) is 56.7. The lowest BCUT2D eigenvalue weighted by atomic mass is 9.76. The zero-order valence-corrected chi connectivity index (χ0v) is 51.7. The van der Waals surface area contributed by atoms with Gasteiger partial charge in [-0.15, -0.1) is 22.7 Å². The fourth-order valence-corrected chi connectivity index (χ4v) is 17.1. The van der Waals surface area contributed by atoms with Gasteiger partial charge in [-0.05, 0) is 161 Å². The summed E-state index contributed by atoms with van der Waals surface area (Å²) < 4.78 is 58.9. The van der Waals surface area contributed by atoms with Gasteiger partial charge in [-0.3, -0.25) is 0 Å². The molecule has 88 heavy (non-hydrogen) atoms. The van der Waals surface area contributed by atoms with Crippen LogP contribution in [-0.4, -0.2) is 34.0 Å². The van der Waals surface area contributed by atoms with Crippen LogP contribution in [0.15, 0.2) is 315 Å². The molecule has 0 aliphatic rings. The molecule has 12 heteroatoms. The van der Waals surface area contributed by atoms with Gasteiger partial charge in [0.05, 0.1) is 19.6 Å². The summed E-state index contributed by atoms with van der Waals surface area (Å²) in [5, 5.41) is 32.6. The first-order valence-corrected chi connectivity index (χ1v) is 33.8. The van der Waals surface area contributed by atoms with E-state index >= 15 is 0 Å². The molecule has 0 spiro atoms. The van der Waals surface area contributed by atoms with Gasteiger partial charge < -0.3 is 10.0 Å². The monoisotopic (exact) mass is 1280 g/mol. The molecule has 16 aromatic rings. The summed E-state index contributed by atoms with van der Waals surface area (Å²) in [6.45, 7) is 0. The molecule has 0 saturated heterocycles. The summed E-state index contributed by atoms with van der Waals surface area (Å²) in [4.78, 5) is 1.17. The standard InChI is InChI=1S/C38H24O2S2.C24H15BrO2S2.C14H11BO2/c39-42(40,28-20-16-25(17-21-28)31-13-7-14-35-34-12-5-6-15-37(34)41-38(31)35)29-22-18-26(19-23-29)36-24-27-8-1-2-9-30(27)32-10-3-4-11-33(32)36;25-17-10-14-19(15-11-17)29(26,27)18-12-8-16(9-13-18)20-5-3-6-22-21-4-1-2-7-23(21)28-24(20)22;16-15(17)14-9-10-5-1-2-6-11(10)12-7-3-4-8-13(12)14/h1-24H;1-15H;1-9,16-17H. The number of thiophene rings is 2. The Morgan fingerprint density at radius 1 is 0.295 bits per heavy atom. The molecule has 0 fully saturated rings. The molecule has 6 nitrogen and oxygen atoms in total. The lowest BCUT2D eigenvalue weighted by Gasteiger charge is -2.12. The van der Waals surface area contributed by atoms with Gasteiger partial charge in [-0.25, -0.2) is 16.8 Å². The minimum atomic E-state index is -3.67. The molecule has 424 valence electrons. The molecule has 2 N–H and O–H groups in total. The first-order valence-electron chi connectivity index (χ1n) is 28.4. The SMILES string of the molecule is O=S(=O)(c1ccc(-c2cc3ccccc3c3ccccc23)cc1)c1ccc(-c2cccc3c2sc2ccccc23)cc1.O=S(=O)(c1ccc(Br)cc1)c1ccc(-c2cccc3c2sc2ccccc23)cc1.OB(O)c1cc2ccccc2c2ccccc12. The van der Waals surface area contributed by atoms with E-state index < -0.39 is 26.8 Å². The van der Waals surface area contributed by atoms with Crippen LogP contribution in [0.4, 0.5) is 0 Å². The summed E-state index contributed by atoms with van der Waals surface area (Å²) in [7, 11) is -8.65. The van der Waals surface area contributed by atoms with Crippen LogP contribution >= 0.6 is 38.6 Å². The molecular formula is C76H50BBrO6S4. The first-order chi connectivity index (χ1) is 42.9. The summed E-state index contributed by atoms with van der Waals surface area (Å²) in [6.07, 6.45) is 0. The number of halogens is 1. The van der Waals surface area contributed by atoms with Crippen LogP contribution in [0.5, 0.6) is 0 Å². The van der Waals surface area contributed by atoms with Crippen LogP contribution in [0.1, 0.15) is 0 Å². The Labute approximate surface area is 525 Å². The Morgan fingerprint density at radius 2 is 0.625 bits per heavy atom. The molecule has 0 atom stereocenters. The van der Waals surface area contributed by atoms with E-state index in [1.165, 1.54) is 51.1 Å². The smallest absolute Gasteiger partial charge is 0.423 e. The average Bonchev–Trinajstić information content (AvgIpc) is 1.88. The molecule has 16 rings (SSSR count). The van der Waals surface area contributed by atoms with E-state index in [1.54, 1.807) is 83.3 Å². The van der Waals surface area contributed by atoms with Crippen molar-refractivity contribution in [1.82, 2.24) is 0 Å². The third-order valence-corrected chi connectivity index (χ3v) is 22.7. The Morgan fingerprint density at radius 3 is 1.07 bits per heavy atom. The maximum atomic E-state index is 13.6. The third kappa shape index (κ3) is 10.6. The molecule has 0 saturated carbocycles. The van der Waals surface area contributed by atoms with Gasteiger partial charge in [-0.2, -0.15) is 0 Å². The fraction of sp³-hybridized carbons (Fsp3) is 0. The van der Waals surface area contributed by atoms with Gasteiger partial charge in [0, 0.05) is 44.8 Å². The second-order valence-electron chi connectivity index (χ2n) is 21.4. The molecule has 0 unspecified atom stereocenters. The number of hydrogen-bond acceptors (Lipinski definition) is 8. The van der Waals surface area contributed by atoms with Crippen LogP contribution < -0.4 is 5.46 Å². The molecule has 2 aromatic heterocycles. The second-order valence-corrected chi connectivity index (χ2v) is 28.3. The topological polar surface area (TPSA) is 109 Å². The van der Waals surface area contributed by atoms with Crippen molar-refractivity contribution in [1.29, 1.82) is 0 Å². The van der Waals surface area contributed by atoms with Crippen LogP contribution in [0, 0.1) is 0 Å². The van der Waals surface area contributed by atoms with E-state index in [2.05, 4.69) is 143 Å². The Balaban J connectivity index is 0.000000127. The van der Waals surface area contributed by atoms with Crippen LogP contribution in [-0.2, 0) is 19.7 Å². The van der Waals surface area contributed by atoms with Crippen molar-refractivity contribution in [3.63, 3.8) is 0 Å². The van der Waals surface area contributed by atoms with Crippen molar-refractivity contribution in [2.24, 2.45) is 0 Å². The molecule has 0 aliphatic carbocycles. The van der Waals surface area contributed by atoms with E-state index in [1.807, 2.05) is 103 Å². The highest BCUT2D eigenvalue weighted by molar-refractivity contribution is 9.10. The predicted octanol–water partition coefficient (Wildman–Crippen LogP) is 19.5. The average molecular weight is 1280 g/mol. The lowest BCUT2D eigenvalue weighted by Crippen LogP contribution is -2.30. The van der Waals surface area contributed by atoms with Crippen LogP contribution in [0.2, 0.25) is 0 Å². The summed E-state index contributed by atoms with van der Waals surface area (Å²) in [5.41, 5.74) is 6.89. The molecule has 0 aliphatic heterocycles. The number of sulfone groups is 2. The minimum absolute atomic E-state index is 0.288. The minimum Gasteiger partial charge on any atom is -0.423 e. The third-order valence-electron chi connectivity index (χ3n) is 16.2.